The molecule has 27 heavy (non-hydrogen) atoms. The zero-order valence-corrected chi connectivity index (χ0v) is 16.5. The van der Waals surface area contributed by atoms with Gasteiger partial charge in [-0.3, -0.25) is 9.59 Å². The minimum Gasteiger partial charge on any atom is -0.369 e. The van der Waals surface area contributed by atoms with Gasteiger partial charge in [0.25, 0.3) is 5.91 Å². The molecule has 1 unspecified atom stereocenters. The lowest BCUT2D eigenvalue weighted by Gasteiger charge is -2.29. The van der Waals surface area contributed by atoms with Crippen LogP contribution in [0.15, 0.2) is 18.2 Å². The summed E-state index contributed by atoms with van der Waals surface area (Å²) in [6.07, 6.45) is 1.38. The molecule has 0 aromatic heterocycles. The van der Waals surface area contributed by atoms with Crippen molar-refractivity contribution in [2.45, 2.75) is 39.3 Å². The minimum atomic E-state index is -0.613. The van der Waals surface area contributed by atoms with Gasteiger partial charge in [-0.2, -0.15) is 0 Å². The summed E-state index contributed by atoms with van der Waals surface area (Å²) >= 11 is 0. The van der Waals surface area contributed by atoms with Crippen LogP contribution in [0.3, 0.4) is 0 Å². The number of benzene rings is 1. The predicted molar refractivity (Wildman–Crippen MR) is 106 cm³/mol. The molecule has 1 aromatic carbocycles. The second kappa shape index (κ2) is 10.1. The first-order valence-electron chi connectivity index (χ1n) is 9.70. The monoisotopic (exact) mass is 374 g/mol. The van der Waals surface area contributed by atoms with Crippen molar-refractivity contribution in [2.24, 2.45) is 0 Å². The fraction of sp³-hybridized carbons (Fsp3) is 0.550. The Bertz CT molecular complexity index is 671. The molecule has 1 aromatic rings. The maximum absolute atomic E-state index is 12.7. The number of rotatable bonds is 6. The van der Waals surface area contributed by atoms with Crippen molar-refractivity contribution in [1.82, 2.24) is 15.5 Å². The van der Waals surface area contributed by atoms with Gasteiger partial charge in [-0.25, -0.2) is 0 Å². The van der Waals surface area contributed by atoms with Crippen LogP contribution in [0.25, 0.3) is 0 Å². The van der Waals surface area contributed by atoms with E-state index < -0.39 is 6.04 Å². The molecule has 1 fully saturated rings. The number of carbonyl (C=O) groups is 3. The molecule has 7 nitrogen and oxygen atoms in total. The molecule has 0 radical (unpaired) electrons. The summed E-state index contributed by atoms with van der Waals surface area (Å²) in [5.41, 5.74) is 2.71. The van der Waals surface area contributed by atoms with Crippen LogP contribution in [0, 0.1) is 0 Å². The number of hydrogen-bond acceptors (Lipinski definition) is 5. The van der Waals surface area contributed by atoms with E-state index in [2.05, 4.69) is 21.6 Å². The van der Waals surface area contributed by atoms with E-state index >= 15 is 0 Å². The highest BCUT2D eigenvalue weighted by atomic mass is 16.2. The Morgan fingerprint density at radius 3 is 2.63 bits per heavy atom. The summed E-state index contributed by atoms with van der Waals surface area (Å²) in [5.74, 6) is -0.369. The van der Waals surface area contributed by atoms with Crippen molar-refractivity contribution < 1.29 is 14.4 Å². The fourth-order valence-electron chi connectivity index (χ4n) is 3.52. The van der Waals surface area contributed by atoms with Crippen molar-refractivity contribution in [1.29, 1.82) is 0 Å². The second-order valence-corrected chi connectivity index (χ2v) is 6.39. The van der Waals surface area contributed by atoms with Crippen molar-refractivity contribution in [3.8, 4) is 0 Å². The Labute approximate surface area is 161 Å². The standard InChI is InChI=1S/C18H24N4O3.C2H6/c1-19-17(24)16(3-2-10-23)22-12-13-11-14(4-5-15(13)18(22)25)21-8-6-20-7-9-21;1-2/h4-5,10-11,16,20H,2-3,6-9,12H2,1H3,(H,19,24);1-2H3. The third-order valence-corrected chi connectivity index (χ3v) is 4.89. The Morgan fingerprint density at radius 2 is 2.00 bits per heavy atom. The predicted octanol–water partition coefficient (Wildman–Crippen LogP) is 1.17. The quantitative estimate of drug-likeness (QED) is 0.731. The van der Waals surface area contributed by atoms with Gasteiger partial charge in [0.2, 0.25) is 5.91 Å². The summed E-state index contributed by atoms with van der Waals surface area (Å²) in [6, 6.07) is 5.28. The lowest BCUT2D eigenvalue weighted by atomic mass is 10.1. The molecule has 148 valence electrons. The zero-order chi connectivity index (χ0) is 19.8. The molecule has 7 heteroatoms. The summed E-state index contributed by atoms with van der Waals surface area (Å²) in [6.45, 7) is 8.19. The van der Waals surface area contributed by atoms with Gasteiger partial charge in [0.15, 0.2) is 0 Å². The zero-order valence-electron chi connectivity index (χ0n) is 16.5. The van der Waals surface area contributed by atoms with E-state index in [0.717, 1.165) is 43.7 Å². The molecule has 1 saturated heterocycles. The molecule has 0 aliphatic carbocycles. The minimum absolute atomic E-state index is 0.138. The highest BCUT2D eigenvalue weighted by Crippen LogP contribution is 2.30. The molecular weight excluding hydrogens is 344 g/mol. The second-order valence-electron chi connectivity index (χ2n) is 6.39. The number of aldehydes is 1. The van der Waals surface area contributed by atoms with E-state index in [1.807, 2.05) is 26.0 Å². The van der Waals surface area contributed by atoms with Crippen molar-refractivity contribution in [3.05, 3.63) is 29.3 Å². The number of likely N-dealkylation sites (N-methyl/N-ethyl adjacent to an activating group) is 1. The maximum atomic E-state index is 12.7. The lowest BCUT2D eigenvalue weighted by molar-refractivity contribution is -0.125. The average molecular weight is 374 g/mol. The molecule has 0 spiro atoms. The third kappa shape index (κ3) is 4.66. The number of anilines is 1. The summed E-state index contributed by atoms with van der Waals surface area (Å²) in [4.78, 5) is 39.5. The third-order valence-electron chi connectivity index (χ3n) is 4.89. The topological polar surface area (TPSA) is 81.8 Å². The van der Waals surface area contributed by atoms with Crippen molar-refractivity contribution >= 4 is 23.8 Å². The van der Waals surface area contributed by atoms with Gasteiger partial charge >= 0.3 is 0 Å². The summed E-state index contributed by atoms with van der Waals surface area (Å²) < 4.78 is 0. The van der Waals surface area contributed by atoms with E-state index in [1.165, 1.54) is 0 Å². The molecule has 0 saturated carbocycles. The number of nitrogens with zero attached hydrogens (tertiary/aromatic N) is 2. The number of fused-ring (bicyclic) bond motifs is 1. The highest BCUT2D eigenvalue weighted by Gasteiger charge is 2.36. The smallest absolute Gasteiger partial charge is 0.255 e. The van der Waals surface area contributed by atoms with Crippen LogP contribution in [0.2, 0.25) is 0 Å². The molecule has 3 rings (SSSR count). The Morgan fingerprint density at radius 1 is 1.30 bits per heavy atom. The van der Waals surface area contributed by atoms with E-state index in [9.17, 15) is 14.4 Å². The van der Waals surface area contributed by atoms with Crippen LogP contribution in [0.5, 0.6) is 0 Å². The van der Waals surface area contributed by atoms with Crippen LogP contribution in [0.4, 0.5) is 5.69 Å². The fourth-order valence-corrected chi connectivity index (χ4v) is 3.52. The first-order valence-corrected chi connectivity index (χ1v) is 9.70. The molecule has 1 atom stereocenters. The highest BCUT2D eigenvalue weighted by molar-refractivity contribution is 6.01. The molecular formula is C20H30N4O3. The van der Waals surface area contributed by atoms with E-state index in [-0.39, 0.29) is 18.2 Å². The van der Waals surface area contributed by atoms with Crippen LogP contribution in [-0.2, 0) is 16.1 Å². The van der Waals surface area contributed by atoms with E-state index in [0.29, 0.717) is 18.5 Å². The van der Waals surface area contributed by atoms with Gasteiger partial charge in [0.1, 0.15) is 12.3 Å². The van der Waals surface area contributed by atoms with Crippen LogP contribution in [-0.4, -0.2) is 62.3 Å². The molecule has 2 aliphatic rings. The SMILES string of the molecule is CC.CNC(=O)C(CCC=O)N1Cc2cc(N3CCNCC3)ccc2C1=O. The molecule has 2 N–H and O–H groups in total. The van der Waals surface area contributed by atoms with Crippen LogP contribution in [0.1, 0.15) is 42.6 Å². The maximum Gasteiger partial charge on any atom is 0.255 e. The molecule has 0 bridgehead atoms. The van der Waals surface area contributed by atoms with E-state index in [4.69, 9.17) is 0 Å². The Hall–Kier alpha value is -2.41. The Balaban J connectivity index is 0.00000126. The van der Waals surface area contributed by atoms with Gasteiger partial charge in [-0.05, 0) is 30.2 Å². The number of amides is 2. The molecule has 2 heterocycles. The number of carbonyl (C=O) groups excluding carboxylic acids is 3. The van der Waals surface area contributed by atoms with Crippen molar-refractivity contribution in [2.75, 3.05) is 38.1 Å². The first-order chi connectivity index (χ1) is 13.2. The lowest BCUT2D eigenvalue weighted by Crippen LogP contribution is -2.46. The van der Waals surface area contributed by atoms with Gasteiger partial charge in [-0.1, -0.05) is 13.8 Å². The van der Waals surface area contributed by atoms with Crippen LogP contribution < -0.4 is 15.5 Å². The summed E-state index contributed by atoms with van der Waals surface area (Å²) in [5, 5.41) is 5.92. The largest absolute Gasteiger partial charge is 0.369 e. The average Bonchev–Trinajstić information content (AvgIpc) is 3.06. The van der Waals surface area contributed by atoms with Crippen molar-refractivity contribution in [3.63, 3.8) is 0 Å². The number of hydrogen-bond donors (Lipinski definition) is 2. The van der Waals surface area contributed by atoms with Gasteiger partial charge in [0, 0.05) is 57.4 Å². The first kappa shape index (κ1) is 20.9. The number of nitrogens with one attached hydrogen (secondary N) is 2. The molecule has 2 amide bonds. The molecule has 2 aliphatic heterocycles. The normalized spacial score (nSPS) is 16.9. The van der Waals surface area contributed by atoms with E-state index in [1.54, 1.807) is 11.9 Å². The summed E-state index contributed by atoms with van der Waals surface area (Å²) in [7, 11) is 1.55. The number of piperazine rings is 1. The van der Waals surface area contributed by atoms with Gasteiger partial charge in [0.05, 0.1) is 0 Å². The van der Waals surface area contributed by atoms with Gasteiger partial charge in [-0.15, -0.1) is 0 Å². The van der Waals surface area contributed by atoms with Gasteiger partial charge < -0.3 is 25.2 Å². The van der Waals surface area contributed by atoms with Crippen LogP contribution >= 0.6 is 0 Å². The Kier molecular flexibility index (Phi) is 7.79.